The van der Waals surface area contributed by atoms with Gasteiger partial charge in [-0.3, -0.25) is 0 Å². The Hall–Kier alpha value is -1.05. The van der Waals surface area contributed by atoms with Gasteiger partial charge in [0.15, 0.2) is 6.17 Å². The third-order valence-electron chi connectivity index (χ3n) is 3.89. The molecule has 1 saturated carbocycles. The zero-order valence-electron chi connectivity index (χ0n) is 13.7. The molecular weight excluding hydrogens is 303 g/mol. The highest BCUT2D eigenvalue weighted by atomic mass is 19.1. The fraction of sp³-hybridized carbons (Fsp3) is 0.647. The van der Waals surface area contributed by atoms with Crippen LogP contribution in [0.1, 0.15) is 12.0 Å². The van der Waals surface area contributed by atoms with E-state index in [1.807, 2.05) is 30.3 Å². The molecule has 0 amide bonds. The molecule has 130 valence electrons. The van der Waals surface area contributed by atoms with Crippen LogP contribution in [0.5, 0.6) is 0 Å². The number of methoxy groups -OCH3 is 2. The monoisotopic (exact) mass is 328 g/mol. The maximum Gasteiger partial charge on any atom is 0.153 e. The van der Waals surface area contributed by atoms with Crippen molar-refractivity contribution >= 4 is 0 Å². The Morgan fingerprint density at radius 1 is 1.04 bits per heavy atom. The van der Waals surface area contributed by atoms with Crippen molar-refractivity contribution in [3.8, 4) is 0 Å². The van der Waals surface area contributed by atoms with Gasteiger partial charge in [-0.15, -0.1) is 0 Å². The van der Waals surface area contributed by atoms with Gasteiger partial charge in [-0.1, -0.05) is 30.3 Å². The molecule has 23 heavy (non-hydrogen) atoms. The summed E-state index contributed by atoms with van der Waals surface area (Å²) in [6.07, 6.45) is -1.75. The molecule has 1 aromatic carbocycles. The summed E-state index contributed by atoms with van der Waals surface area (Å²) in [6.45, 7) is 0.986. The number of ether oxygens (including phenoxy) is 5. The maximum atomic E-state index is 14.6. The van der Waals surface area contributed by atoms with Crippen LogP contribution in [-0.4, -0.2) is 52.8 Å². The van der Waals surface area contributed by atoms with Gasteiger partial charge in [0.1, 0.15) is 13.6 Å². The van der Waals surface area contributed by atoms with Crippen molar-refractivity contribution in [1.82, 2.24) is 0 Å². The second-order valence-corrected chi connectivity index (χ2v) is 5.59. The van der Waals surface area contributed by atoms with Gasteiger partial charge in [-0.05, 0) is 12.0 Å². The van der Waals surface area contributed by atoms with E-state index in [0.29, 0.717) is 19.6 Å². The molecule has 1 aliphatic carbocycles. The van der Waals surface area contributed by atoms with E-state index in [0.717, 1.165) is 5.56 Å². The van der Waals surface area contributed by atoms with Crippen LogP contribution in [0.4, 0.5) is 4.39 Å². The number of halogens is 1. The highest BCUT2D eigenvalue weighted by Gasteiger charge is 2.45. The molecule has 2 rings (SSSR count). The molecule has 0 saturated heterocycles. The van der Waals surface area contributed by atoms with Crippen LogP contribution >= 0.6 is 0 Å². The minimum atomic E-state index is -1.20. The quantitative estimate of drug-likeness (QED) is 0.488. The molecule has 0 aliphatic heterocycles. The molecule has 1 aliphatic rings. The number of rotatable bonds is 10. The van der Waals surface area contributed by atoms with E-state index in [2.05, 4.69) is 0 Å². The molecule has 0 bridgehead atoms. The second-order valence-electron chi connectivity index (χ2n) is 5.59. The largest absolute Gasteiger partial charge is 0.370 e. The van der Waals surface area contributed by atoms with Crippen LogP contribution in [0.2, 0.25) is 0 Å². The van der Waals surface area contributed by atoms with Gasteiger partial charge in [0.25, 0.3) is 0 Å². The zero-order chi connectivity index (χ0) is 16.5. The number of alkyl halides is 1. The van der Waals surface area contributed by atoms with Gasteiger partial charge < -0.3 is 23.7 Å². The second kappa shape index (κ2) is 9.95. The third kappa shape index (κ3) is 5.51. The van der Waals surface area contributed by atoms with E-state index < -0.39 is 18.4 Å². The lowest BCUT2D eigenvalue weighted by molar-refractivity contribution is -0.126. The number of hydrogen-bond acceptors (Lipinski definition) is 5. The van der Waals surface area contributed by atoms with Crippen LogP contribution in [0.25, 0.3) is 0 Å². The van der Waals surface area contributed by atoms with Gasteiger partial charge in [0.2, 0.25) is 0 Å². The molecular formula is C17H25FO5. The van der Waals surface area contributed by atoms with Gasteiger partial charge in [0, 0.05) is 20.1 Å². The molecule has 0 N–H and O–H groups in total. The van der Waals surface area contributed by atoms with Crippen molar-refractivity contribution < 1.29 is 28.1 Å². The standard InChI is InChI=1S/C17H25FO5/c1-19-11-21-10-14-8-15(16(18)17(14)23-12-20-2)22-9-13-6-4-3-5-7-13/h3-7,14-17H,8-12H2,1-2H3. The molecule has 0 heterocycles. The first-order valence-electron chi connectivity index (χ1n) is 7.73. The van der Waals surface area contributed by atoms with Crippen molar-refractivity contribution in [2.45, 2.75) is 31.4 Å². The van der Waals surface area contributed by atoms with E-state index in [1.54, 1.807) is 7.11 Å². The highest BCUT2D eigenvalue weighted by molar-refractivity contribution is 5.13. The summed E-state index contributed by atoms with van der Waals surface area (Å²) < 4.78 is 41.0. The predicted molar refractivity (Wildman–Crippen MR) is 82.6 cm³/mol. The van der Waals surface area contributed by atoms with Crippen LogP contribution in [0.3, 0.4) is 0 Å². The highest BCUT2D eigenvalue weighted by Crippen LogP contribution is 2.34. The number of hydrogen-bond donors (Lipinski definition) is 0. The first-order chi connectivity index (χ1) is 11.3. The summed E-state index contributed by atoms with van der Waals surface area (Å²) in [5, 5.41) is 0. The molecule has 1 fully saturated rings. The molecule has 1 aromatic rings. The Kier molecular flexibility index (Phi) is 7.91. The summed E-state index contributed by atoms with van der Waals surface area (Å²) in [5.41, 5.74) is 1.02. The van der Waals surface area contributed by atoms with Gasteiger partial charge >= 0.3 is 0 Å². The predicted octanol–water partition coefficient (Wildman–Crippen LogP) is 2.54. The van der Waals surface area contributed by atoms with Gasteiger partial charge in [-0.25, -0.2) is 4.39 Å². The zero-order valence-corrected chi connectivity index (χ0v) is 13.7. The Balaban J connectivity index is 1.89. The van der Waals surface area contributed by atoms with Crippen LogP contribution in [0.15, 0.2) is 30.3 Å². The molecule has 4 unspecified atom stereocenters. The lowest BCUT2D eigenvalue weighted by Crippen LogP contribution is -2.33. The van der Waals surface area contributed by atoms with E-state index in [9.17, 15) is 4.39 Å². The third-order valence-corrected chi connectivity index (χ3v) is 3.89. The van der Waals surface area contributed by atoms with E-state index in [1.165, 1.54) is 7.11 Å². The van der Waals surface area contributed by atoms with Gasteiger partial charge in [0.05, 0.1) is 25.4 Å². The number of benzene rings is 1. The smallest absolute Gasteiger partial charge is 0.153 e. The van der Waals surface area contributed by atoms with Crippen LogP contribution in [-0.2, 0) is 30.3 Å². The fourth-order valence-electron chi connectivity index (χ4n) is 2.79. The Bertz CT molecular complexity index is 430. The first-order valence-corrected chi connectivity index (χ1v) is 7.73. The minimum Gasteiger partial charge on any atom is -0.370 e. The van der Waals surface area contributed by atoms with E-state index >= 15 is 0 Å². The Morgan fingerprint density at radius 3 is 2.48 bits per heavy atom. The molecule has 4 atom stereocenters. The van der Waals surface area contributed by atoms with Gasteiger partial charge in [-0.2, -0.15) is 0 Å². The van der Waals surface area contributed by atoms with Crippen molar-refractivity contribution in [2.24, 2.45) is 5.92 Å². The van der Waals surface area contributed by atoms with Crippen LogP contribution < -0.4 is 0 Å². The summed E-state index contributed by atoms with van der Waals surface area (Å²) in [7, 11) is 3.07. The fourth-order valence-corrected chi connectivity index (χ4v) is 2.79. The topological polar surface area (TPSA) is 46.2 Å². The molecule has 0 radical (unpaired) electrons. The minimum absolute atomic E-state index is 0.0528. The SMILES string of the molecule is COCOCC1CC(OCc2ccccc2)C(F)C1OCOC. The summed E-state index contributed by atoms with van der Waals surface area (Å²) in [6, 6.07) is 9.73. The average Bonchev–Trinajstić information content (AvgIpc) is 2.88. The van der Waals surface area contributed by atoms with Crippen LogP contribution in [0, 0.1) is 5.92 Å². The Labute approximate surface area is 136 Å². The summed E-state index contributed by atoms with van der Waals surface area (Å²) >= 11 is 0. The maximum absolute atomic E-state index is 14.6. The molecule has 5 nitrogen and oxygen atoms in total. The summed E-state index contributed by atoms with van der Waals surface area (Å²) in [5.74, 6) is -0.0870. The molecule has 6 heteroatoms. The van der Waals surface area contributed by atoms with E-state index in [-0.39, 0.29) is 19.5 Å². The summed E-state index contributed by atoms with van der Waals surface area (Å²) in [4.78, 5) is 0. The lowest BCUT2D eigenvalue weighted by Gasteiger charge is -2.21. The lowest BCUT2D eigenvalue weighted by atomic mass is 10.1. The molecule has 0 aromatic heterocycles. The van der Waals surface area contributed by atoms with Crippen molar-refractivity contribution in [1.29, 1.82) is 0 Å². The molecule has 0 spiro atoms. The van der Waals surface area contributed by atoms with E-state index in [4.69, 9.17) is 23.7 Å². The van der Waals surface area contributed by atoms with Crippen molar-refractivity contribution in [3.63, 3.8) is 0 Å². The van der Waals surface area contributed by atoms with Crippen molar-refractivity contribution in [3.05, 3.63) is 35.9 Å². The normalized spacial score (nSPS) is 27.4. The first kappa shape index (κ1) is 18.3. The Morgan fingerprint density at radius 2 is 1.78 bits per heavy atom. The average molecular weight is 328 g/mol. The van der Waals surface area contributed by atoms with Crippen molar-refractivity contribution in [2.75, 3.05) is 34.4 Å².